The highest BCUT2D eigenvalue weighted by molar-refractivity contribution is 5.76. The van der Waals surface area contributed by atoms with Crippen LogP contribution in [-0.2, 0) is 11.3 Å². The van der Waals surface area contributed by atoms with Gasteiger partial charge < -0.3 is 4.74 Å². The fourth-order valence-electron chi connectivity index (χ4n) is 5.96. The first kappa shape index (κ1) is 32.8. The molecular formula is C38H52F2O. The molecule has 0 unspecified atom stereocenters. The van der Waals surface area contributed by atoms with Gasteiger partial charge in [0.1, 0.15) is 5.75 Å². The van der Waals surface area contributed by atoms with Crippen LogP contribution >= 0.6 is 0 Å². The van der Waals surface area contributed by atoms with Crippen LogP contribution in [0.5, 0.6) is 5.75 Å². The normalized spacial score (nSPS) is 14.7. The third kappa shape index (κ3) is 7.79. The van der Waals surface area contributed by atoms with E-state index in [1.807, 2.05) is 6.92 Å². The number of aryl methyl sites for hydroxylation is 2. The van der Waals surface area contributed by atoms with E-state index in [1.165, 1.54) is 27.8 Å². The summed E-state index contributed by atoms with van der Waals surface area (Å²) in [4.78, 5) is 0. The van der Waals surface area contributed by atoms with E-state index in [-0.39, 0.29) is 16.9 Å². The Balaban J connectivity index is 1.97. The topological polar surface area (TPSA) is 9.23 Å². The second-order valence-corrected chi connectivity index (χ2v) is 13.9. The van der Waals surface area contributed by atoms with Crippen LogP contribution in [0.15, 0.2) is 48.5 Å². The lowest BCUT2D eigenvalue weighted by Crippen LogP contribution is -2.13. The zero-order valence-electron chi connectivity index (χ0n) is 27.5. The molecule has 0 fully saturated rings. The molecule has 0 heterocycles. The van der Waals surface area contributed by atoms with Crippen molar-refractivity contribution in [2.75, 3.05) is 7.11 Å². The van der Waals surface area contributed by atoms with Crippen LogP contribution < -0.4 is 4.74 Å². The maximum Gasteiger partial charge on any atom is 0.270 e. The van der Waals surface area contributed by atoms with Crippen LogP contribution in [-0.4, -0.2) is 7.11 Å². The summed E-state index contributed by atoms with van der Waals surface area (Å²) in [5.74, 6) is -0.634. The Labute approximate surface area is 248 Å². The van der Waals surface area contributed by atoms with Crippen LogP contribution in [0.25, 0.3) is 11.1 Å². The van der Waals surface area contributed by atoms with Gasteiger partial charge in [0.25, 0.3) is 5.92 Å². The summed E-state index contributed by atoms with van der Waals surface area (Å²) in [6.45, 7) is 23.1. The average molecular weight is 563 g/mol. The number of alkyl halides is 2. The second-order valence-electron chi connectivity index (χ2n) is 13.9. The van der Waals surface area contributed by atoms with Gasteiger partial charge in [0.2, 0.25) is 0 Å². The summed E-state index contributed by atoms with van der Waals surface area (Å²) in [6, 6.07) is 16.8. The molecule has 3 heteroatoms. The monoisotopic (exact) mass is 562 g/mol. The molecule has 0 aliphatic heterocycles. The molecule has 3 aromatic rings. The molecule has 0 aliphatic carbocycles. The number of hydrogen-bond acceptors (Lipinski definition) is 1. The average Bonchev–Trinajstić information content (AvgIpc) is 2.88. The first-order valence-corrected chi connectivity index (χ1v) is 15.3. The van der Waals surface area contributed by atoms with Gasteiger partial charge in [-0.15, -0.1) is 0 Å². The van der Waals surface area contributed by atoms with Gasteiger partial charge in [-0.1, -0.05) is 91.3 Å². The molecular weight excluding hydrogens is 510 g/mol. The molecule has 0 bridgehead atoms. The summed E-state index contributed by atoms with van der Waals surface area (Å²) in [7, 11) is 1.76. The molecule has 0 aromatic heterocycles. The quantitative estimate of drug-likeness (QED) is 0.239. The standard InChI is InChI=1S/C38H52F2O/c1-23(2)33-22-35(36(41-12)19-27(33)6)32-16-15-30(37(8,9)10)21-34(32)26(5)14-13-25(4)28(7)29-17-24(3)18-31(20-29)38(11,39)40/h15-23,25-26,28H,13-14H2,1-12H3/t25-,26-,28-/m0/s1. The fraction of sp³-hybridized carbons (Fsp3) is 0.526. The molecule has 0 spiro atoms. The Morgan fingerprint density at radius 3 is 1.95 bits per heavy atom. The Kier molecular flexibility index (Phi) is 10.1. The number of halogens is 2. The Bertz CT molecular complexity index is 1340. The van der Waals surface area contributed by atoms with Crippen molar-refractivity contribution in [2.24, 2.45) is 5.92 Å². The third-order valence-corrected chi connectivity index (χ3v) is 8.99. The van der Waals surface area contributed by atoms with Crippen LogP contribution in [0.1, 0.15) is 132 Å². The lowest BCUT2D eigenvalue weighted by atomic mass is 9.78. The smallest absolute Gasteiger partial charge is 0.270 e. The van der Waals surface area contributed by atoms with E-state index in [4.69, 9.17) is 4.74 Å². The summed E-state index contributed by atoms with van der Waals surface area (Å²) in [6.07, 6.45) is 2.02. The highest BCUT2D eigenvalue weighted by Crippen LogP contribution is 2.42. The predicted molar refractivity (Wildman–Crippen MR) is 172 cm³/mol. The number of benzene rings is 3. The zero-order valence-corrected chi connectivity index (χ0v) is 27.5. The van der Waals surface area contributed by atoms with E-state index in [9.17, 15) is 8.78 Å². The van der Waals surface area contributed by atoms with E-state index in [1.54, 1.807) is 19.2 Å². The summed E-state index contributed by atoms with van der Waals surface area (Å²) >= 11 is 0. The Morgan fingerprint density at radius 2 is 1.39 bits per heavy atom. The van der Waals surface area contributed by atoms with Gasteiger partial charge in [0.05, 0.1) is 7.11 Å². The highest BCUT2D eigenvalue weighted by Gasteiger charge is 2.27. The highest BCUT2D eigenvalue weighted by atomic mass is 19.3. The van der Waals surface area contributed by atoms with Crippen molar-refractivity contribution in [1.82, 2.24) is 0 Å². The molecule has 1 nitrogen and oxygen atoms in total. The third-order valence-electron chi connectivity index (χ3n) is 8.99. The molecule has 0 amide bonds. The summed E-state index contributed by atoms with van der Waals surface area (Å²) in [5.41, 5.74) is 9.70. The molecule has 0 saturated carbocycles. The van der Waals surface area contributed by atoms with Gasteiger partial charge in [0.15, 0.2) is 0 Å². The van der Waals surface area contributed by atoms with Crippen molar-refractivity contribution < 1.29 is 13.5 Å². The van der Waals surface area contributed by atoms with E-state index in [2.05, 4.69) is 98.7 Å². The Hall–Kier alpha value is -2.68. The molecule has 3 atom stereocenters. The van der Waals surface area contributed by atoms with Gasteiger partial charge in [-0.3, -0.25) is 0 Å². The minimum Gasteiger partial charge on any atom is -0.496 e. The minimum absolute atomic E-state index is 0.0411. The van der Waals surface area contributed by atoms with E-state index in [0.29, 0.717) is 17.8 Å². The fourth-order valence-corrected chi connectivity index (χ4v) is 5.96. The molecule has 224 valence electrons. The van der Waals surface area contributed by atoms with E-state index < -0.39 is 5.92 Å². The zero-order chi connectivity index (χ0) is 30.9. The minimum atomic E-state index is -2.83. The molecule has 0 aliphatic rings. The van der Waals surface area contributed by atoms with Crippen molar-refractivity contribution in [3.63, 3.8) is 0 Å². The largest absolute Gasteiger partial charge is 0.496 e. The Morgan fingerprint density at radius 1 is 0.732 bits per heavy atom. The molecule has 0 radical (unpaired) electrons. The van der Waals surface area contributed by atoms with E-state index >= 15 is 0 Å². The van der Waals surface area contributed by atoms with Gasteiger partial charge in [0, 0.05) is 18.1 Å². The molecule has 3 rings (SSSR count). The maximum atomic E-state index is 14.2. The van der Waals surface area contributed by atoms with Crippen LogP contribution in [0, 0.1) is 19.8 Å². The number of rotatable bonds is 10. The predicted octanol–water partition coefficient (Wildman–Crippen LogP) is 11.8. The molecule has 3 aromatic carbocycles. The van der Waals surface area contributed by atoms with Crippen LogP contribution in [0.2, 0.25) is 0 Å². The lowest BCUT2D eigenvalue weighted by Gasteiger charge is -2.27. The van der Waals surface area contributed by atoms with Gasteiger partial charge in [-0.05, 0) is 107 Å². The number of ether oxygens (including phenoxy) is 1. The molecule has 0 saturated heterocycles. The maximum absolute atomic E-state index is 14.2. The van der Waals surface area contributed by atoms with Crippen molar-refractivity contribution in [1.29, 1.82) is 0 Å². The lowest BCUT2D eigenvalue weighted by molar-refractivity contribution is 0.0173. The van der Waals surface area contributed by atoms with Crippen molar-refractivity contribution >= 4 is 0 Å². The van der Waals surface area contributed by atoms with Crippen molar-refractivity contribution in [3.05, 3.63) is 87.5 Å². The summed E-state index contributed by atoms with van der Waals surface area (Å²) < 4.78 is 34.2. The van der Waals surface area contributed by atoms with Gasteiger partial charge in [-0.2, -0.15) is 0 Å². The number of methoxy groups -OCH3 is 1. The first-order chi connectivity index (χ1) is 18.9. The van der Waals surface area contributed by atoms with Crippen molar-refractivity contribution in [3.8, 4) is 16.9 Å². The SMILES string of the molecule is COc1cc(C)c(C(C)C)cc1-c1ccc(C(C)(C)C)cc1[C@@H](C)CC[C@H](C)[C@H](C)c1cc(C)cc(C(C)(F)F)c1. The first-order valence-electron chi connectivity index (χ1n) is 15.3. The molecule has 0 N–H and O–H groups in total. The van der Waals surface area contributed by atoms with E-state index in [0.717, 1.165) is 42.2 Å². The summed E-state index contributed by atoms with van der Waals surface area (Å²) in [5, 5.41) is 0. The van der Waals surface area contributed by atoms with Crippen LogP contribution in [0.3, 0.4) is 0 Å². The van der Waals surface area contributed by atoms with Crippen molar-refractivity contribution in [2.45, 2.75) is 118 Å². The second kappa shape index (κ2) is 12.7. The van der Waals surface area contributed by atoms with Gasteiger partial charge in [-0.25, -0.2) is 8.78 Å². The van der Waals surface area contributed by atoms with Gasteiger partial charge >= 0.3 is 0 Å². The molecule has 41 heavy (non-hydrogen) atoms. The number of hydrogen-bond donors (Lipinski definition) is 0. The van der Waals surface area contributed by atoms with Crippen LogP contribution in [0.4, 0.5) is 8.78 Å².